The Hall–Kier alpha value is -1.86. The van der Waals surface area contributed by atoms with Crippen LogP contribution in [-0.2, 0) is 10.1 Å². The van der Waals surface area contributed by atoms with Gasteiger partial charge in [-0.15, -0.1) is 0 Å². The number of amides is 2. The maximum atomic E-state index is 11.6. The first-order valence-electron chi connectivity index (χ1n) is 6.18. The quantitative estimate of drug-likeness (QED) is 0.743. The fraction of sp³-hybridized carbons (Fsp3) is 0.308. The lowest BCUT2D eigenvalue weighted by molar-refractivity contribution is 0.255. The van der Waals surface area contributed by atoms with Crippen LogP contribution in [0.25, 0.3) is 0 Å². The molecule has 2 amide bonds. The Morgan fingerprint density at radius 1 is 1.30 bits per heavy atom. The molecule has 108 valence electrons. The second-order valence-corrected chi connectivity index (χ2v) is 6.18. The van der Waals surface area contributed by atoms with E-state index in [-0.39, 0.29) is 4.90 Å². The maximum absolute atomic E-state index is 11.6. The van der Waals surface area contributed by atoms with E-state index < -0.39 is 16.1 Å². The zero-order chi connectivity index (χ0) is 14.8. The Morgan fingerprint density at radius 2 is 1.90 bits per heavy atom. The summed E-state index contributed by atoms with van der Waals surface area (Å²) >= 11 is 0. The lowest BCUT2D eigenvalue weighted by Gasteiger charge is -2.06. The van der Waals surface area contributed by atoms with Gasteiger partial charge >= 0.3 is 6.03 Å². The van der Waals surface area contributed by atoms with E-state index in [2.05, 4.69) is 10.6 Å². The molecule has 7 heteroatoms. The van der Waals surface area contributed by atoms with Crippen molar-refractivity contribution < 1.29 is 17.8 Å². The molecule has 20 heavy (non-hydrogen) atoms. The molecule has 1 aromatic carbocycles. The van der Waals surface area contributed by atoms with Crippen LogP contribution in [0.15, 0.2) is 40.9 Å². The van der Waals surface area contributed by atoms with Crippen LogP contribution in [0, 0.1) is 5.92 Å². The molecule has 0 spiro atoms. The van der Waals surface area contributed by atoms with Crippen LogP contribution in [0.4, 0.5) is 10.5 Å². The molecular formula is C13H16N2O4S. The minimum absolute atomic E-state index is 0.215. The Balaban J connectivity index is 1.92. The third-order valence-corrected chi connectivity index (χ3v) is 3.93. The summed E-state index contributed by atoms with van der Waals surface area (Å²) in [4.78, 5) is 11.4. The molecule has 0 unspecified atom stereocenters. The molecule has 0 aromatic heterocycles. The molecule has 1 aromatic rings. The molecular weight excluding hydrogens is 280 g/mol. The van der Waals surface area contributed by atoms with E-state index in [0.29, 0.717) is 11.6 Å². The van der Waals surface area contributed by atoms with Gasteiger partial charge in [0.2, 0.25) is 0 Å². The maximum Gasteiger partial charge on any atom is 0.323 e. The van der Waals surface area contributed by atoms with Gasteiger partial charge < -0.3 is 10.6 Å². The van der Waals surface area contributed by atoms with Crippen molar-refractivity contribution in [3.05, 3.63) is 36.0 Å². The number of nitrogens with one attached hydrogen (secondary N) is 2. The summed E-state index contributed by atoms with van der Waals surface area (Å²) in [5, 5.41) is 5.18. The molecule has 1 aliphatic rings. The Bertz CT molecular complexity index is 631. The highest BCUT2D eigenvalue weighted by molar-refractivity contribution is 7.85. The first kappa shape index (κ1) is 14.5. The predicted octanol–water partition coefficient (Wildman–Crippen LogP) is 2.37. The van der Waals surface area contributed by atoms with Gasteiger partial charge in [0.25, 0.3) is 10.1 Å². The topological polar surface area (TPSA) is 95.5 Å². The molecule has 0 saturated heterocycles. The van der Waals surface area contributed by atoms with Crippen molar-refractivity contribution in [3.8, 4) is 0 Å². The average Bonchev–Trinajstić information content (AvgIpc) is 3.20. The van der Waals surface area contributed by atoms with E-state index in [1.807, 2.05) is 6.92 Å². The van der Waals surface area contributed by atoms with Crippen molar-refractivity contribution in [2.75, 3.05) is 5.32 Å². The van der Waals surface area contributed by atoms with Crippen molar-refractivity contribution in [2.24, 2.45) is 5.92 Å². The van der Waals surface area contributed by atoms with Gasteiger partial charge in [-0.2, -0.15) is 8.42 Å². The van der Waals surface area contributed by atoms with Gasteiger partial charge in [0, 0.05) is 11.9 Å². The van der Waals surface area contributed by atoms with Crippen molar-refractivity contribution in [2.45, 2.75) is 24.7 Å². The largest absolute Gasteiger partial charge is 0.323 e. The van der Waals surface area contributed by atoms with E-state index in [9.17, 15) is 13.2 Å². The van der Waals surface area contributed by atoms with Crippen LogP contribution in [0.3, 0.4) is 0 Å². The molecule has 1 saturated carbocycles. The zero-order valence-electron chi connectivity index (χ0n) is 11.0. The molecule has 1 aliphatic carbocycles. The van der Waals surface area contributed by atoms with Crippen molar-refractivity contribution in [3.63, 3.8) is 0 Å². The van der Waals surface area contributed by atoms with Gasteiger partial charge in [-0.3, -0.25) is 4.55 Å². The second-order valence-electron chi connectivity index (χ2n) is 4.76. The third-order valence-electron chi connectivity index (χ3n) is 3.06. The van der Waals surface area contributed by atoms with Crippen LogP contribution >= 0.6 is 0 Å². The van der Waals surface area contributed by atoms with Crippen molar-refractivity contribution in [1.82, 2.24) is 5.32 Å². The molecule has 0 heterocycles. The zero-order valence-corrected chi connectivity index (χ0v) is 11.8. The highest BCUT2D eigenvalue weighted by Gasteiger charge is 2.22. The second kappa shape index (κ2) is 5.64. The van der Waals surface area contributed by atoms with Gasteiger partial charge in [-0.25, -0.2) is 4.79 Å². The molecule has 0 aliphatic heterocycles. The first-order chi connectivity index (χ1) is 9.36. The van der Waals surface area contributed by atoms with E-state index in [1.165, 1.54) is 37.1 Å². The summed E-state index contributed by atoms with van der Waals surface area (Å²) in [7, 11) is -4.21. The number of hydrogen-bond donors (Lipinski definition) is 3. The number of benzene rings is 1. The van der Waals surface area contributed by atoms with Crippen LogP contribution in [-0.4, -0.2) is 19.0 Å². The third kappa shape index (κ3) is 4.07. The lowest BCUT2D eigenvalue weighted by Crippen LogP contribution is -2.24. The smallest absolute Gasteiger partial charge is 0.314 e. The number of carbonyl (C=O) groups excluding carboxylic acids is 1. The monoisotopic (exact) mass is 296 g/mol. The normalized spacial score (nSPS) is 15.8. The summed E-state index contributed by atoms with van der Waals surface area (Å²) in [6.45, 7) is 1.97. The van der Waals surface area contributed by atoms with Crippen LogP contribution < -0.4 is 10.6 Å². The highest BCUT2D eigenvalue weighted by Crippen LogP contribution is 2.35. The van der Waals surface area contributed by atoms with Crippen molar-refractivity contribution in [1.29, 1.82) is 0 Å². The Morgan fingerprint density at radius 3 is 2.40 bits per heavy atom. The Labute approximate surface area is 117 Å². The molecule has 0 atom stereocenters. The highest BCUT2D eigenvalue weighted by atomic mass is 32.2. The molecule has 6 nitrogen and oxygen atoms in total. The summed E-state index contributed by atoms with van der Waals surface area (Å²) in [6, 6.07) is 4.84. The van der Waals surface area contributed by atoms with Gasteiger partial charge in [0.1, 0.15) is 0 Å². The van der Waals surface area contributed by atoms with Crippen molar-refractivity contribution >= 4 is 21.8 Å². The van der Waals surface area contributed by atoms with Gasteiger partial charge in [0.05, 0.1) is 4.90 Å². The number of anilines is 1. The van der Waals surface area contributed by atoms with Crippen LogP contribution in [0.5, 0.6) is 0 Å². The number of rotatable bonds is 4. The van der Waals surface area contributed by atoms with Gasteiger partial charge in [-0.05, 0) is 49.9 Å². The number of carbonyl (C=O) groups is 1. The van der Waals surface area contributed by atoms with Gasteiger partial charge in [-0.1, -0.05) is 5.57 Å². The molecule has 2 rings (SSSR count). The summed E-state index contributed by atoms with van der Waals surface area (Å²) in [5.41, 5.74) is 1.58. The number of allylic oxidation sites excluding steroid dienone is 1. The number of hydrogen-bond acceptors (Lipinski definition) is 3. The van der Waals surface area contributed by atoms with Gasteiger partial charge in [0.15, 0.2) is 0 Å². The van der Waals surface area contributed by atoms with E-state index in [1.54, 1.807) is 6.20 Å². The predicted molar refractivity (Wildman–Crippen MR) is 74.9 cm³/mol. The summed E-state index contributed by atoms with van der Waals surface area (Å²) < 4.78 is 30.6. The van der Waals surface area contributed by atoms with E-state index in [4.69, 9.17) is 4.55 Å². The first-order valence-corrected chi connectivity index (χ1v) is 7.62. The Kier molecular flexibility index (Phi) is 4.10. The standard InChI is InChI=1S/C13H16N2O4S/c1-9(10-2-3-10)8-14-13(16)15-11-4-6-12(7-5-11)20(17,18)19/h4-8,10H,2-3H2,1H3,(H2,14,15,16)(H,17,18,19)/b9-8+. The number of urea groups is 1. The van der Waals surface area contributed by atoms with E-state index in [0.717, 1.165) is 5.57 Å². The van der Waals surface area contributed by atoms with Crippen LogP contribution in [0.2, 0.25) is 0 Å². The summed E-state index contributed by atoms with van der Waals surface area (Å²) in [5.74, 6) is 0.587. The minimum Gasteiger partial charge on any atom is -0.314 e. The van der Waals surface area contributed by atoms with E-state index >= 15 is 0 Å². The molecule has 0 radical (unpaired) electrons. The molecule has 3 N–H and O–H groups in total. The molecule has 1 fully saturated rings. The fourth-order valence-corrected chi connectivity index (χ4v) is 2.19. The van der Waals surface area contributed by atoms with Crippen LogP contribution in [0.1, 0.15) is 19.8 Å². The fourth-order valence-electron chi connectivity index (χ4n) is 1.71. The molecule has 0 bridgehead atoms. The average molecular weight is 296 g/mol. The SMILES string of the molecule is C/C(=C\NC(=O)Nc1ccc(S(=O)(=O)O)cc1)C1CC1. The summed E-state index contributed by atoms with van der Waals surface area (Å²) in [6.07, 6.45) is 4.02. The minimum atomic E-state index is -4.21. The lowest BCUT2D eigenvalue weighted by atomic mass is 10.2.